The molecule has 32 heavy (non-hydrogen) atoms. The van der Waals surface area contributed by atoms with Gasteiger partial charge >= 0.3 is 5.97 Å². The Balaban J connectivity index is 1.75. The predicted molar refractivity (Wildman–Crippen MR) is 127 cm³/mol. The maximum Gasteiger partial charge on any atom is 0.338 e. The molecule has 0 saturated carbocycles. The molecule has 0 amide bonds. The Morgan fingerprint density at radius 2 is 1.44 bits per heavy atom. The summed E-state index contributed by atoms with van der Waals surface area (Å²) in [6.45, 7) is 11.5. The fourth-order valence-electron chi connectivity index (χ4n) is 3.31. The lowest BCUT2D eigenvalue weighted by Crippen LogP contribution is -2.11. The highest BCUT2D eigenvalue weighted by Gasteiger charge is 2.14. The van der Waals surface area contributed by atoms with E-state index in [1.54, 1.807) is 19.1 Å². The van der Waals surface area contributed by atoms with Crippen molar-refractivity contribution in [3.63, 3.8) is 0 Å². The summed E-state index contributed by atoms with van der Waals surface area (Å²) in [5, 5.41) is 0. The smallest absolute Gasteiger partial charge is 0.338 e. The summed E-state index contributed by atoms with van der Waals surface area (Å²) in [6.07, 6.45) is 0. The average molecular weight is 433 g/mol. The summed E-state index contributed by atoms with van der Waals surface area (Å²) in [7, 11) is 0. The first kappa shape index (κ1) is 23.4. The number of carbonyl (C=O) groups excluding carboxylic acids is 1. The SMILES string of the molecule is CCOC(=O)c1cc(OCc2ccc(C(C)(C)C)cc2)cc(OCc2cccc(C)c2)c1. The van der Waals surface area contributed by atoms with Gasteiger partial charge in [0, 0.05) is 6.07 Å². The third kappa shape index (κ3) is 6.61. The van der Waals surface area contributed by atoms with E-state index in [0.717, 1.165) is 11.1 Å². The fraction of sp³-hybridized carbons (Fsp3) is 0.321. The van der Waals surface area contributed by atoms with E-state index in [1.165, 1.54) is 11.1 Å². The summed E-state index contributed by atoms with van der Waals surface area (Å²) in [4.78, 5) is 12.3. The Labute approximate surface area is 191 Å². The minimum absolute atomic E-state index is 0.108. The molecule has 3 aromatic rings. The number of aryl methyl sites for hydroxylation is 1. The molecule has 4 heteroatoms. The summed E-state index contributed by atoms with van der Waals surface area (Å²) < 4.78 is 17.2. The van der Waals surface area contributed by atoms with Crippen LogP contribution < -0.4 is 9.47 Å². The predicted octanol–water partition coefficient (Wildman–Crippen LogP) is 6.63. The molecule has 3 rings (SSSR count). The van der Waals surface area contributed by atoms with Gasteiger partial charge in [0.05, 0.1) is 12.2 Å². The van der Waals surface area contributed by atoms with Crippen LogP contribution in [-0.4, -0.2) is 12.6 Å². The van der Waals surface area contributed by atoms with Gasteiger partial charge < -0.3 is 14.2 Å². The van der Waals surface area contributed by atoms with E-state index in [1.807, 2.05) is 31.2 Å². The molecule has 168 valence electrons. The van der Waals surface area contributed by atoms with E-state index in [-0.39, 0.29) is 5.41 Å². The summed E-state index contributed by atoms with van der Waals surface area (Å²) in [5.41, 5.74) is 5.09. The van der Waals surface area contributed by atoms with Crippen molar-refractivity contribution in [3.8, 4) is 11.5 Å². The molecule has 0 aromatic heterocycles. The van der Waals surface area contributed by atoms with Gasteiger partial charge in [0.25, 0.3) is 0 Å². The third-order valence-corrected chi connectivity index (χ3v) is 5.10. The van der Waals surface area contributed by atoms with E-state index in [4.69, 9.17) is 14.2 Å². The maximum atomic E-state index is 12.3. The zero-order chi connectivity index (χ0) is 23.1. The van der Waals surface area contributed by atoms with Crippen molar-refractivity contribution in [2.45, 2.75) is 53.2 Å². The molecule has 0 fully saturated rings. The molecule has 0 aliphatic carbocycles. The van der Waals surface area contributed by atoms with Crippen molar-refractivity contribution in [1.82, 2.24) is 0 Å². The molecule has 0 atom stereocenters. The second kappa shape index (κ2) is 10.4. The van der Waals surface area contributed by atoms with Crippen LogP contribution >= 0.6 is 0 Å². The molecule has 0 N–H and O–H groups in total. The Morgan fingerprint density at radius 1 is 0.812 bits per heavy atom. The van der Waals surface area contributed by atoms with Crippen LogP contribution in [0.4, 0.5) is 0 Å². The van der Waals surface area contributed by atoms with Gasteiger partial charge in [-0.15, -0.1) is 0 Å². The maximum absolute atomic E-state index is 12.3. The number of carbonyl (C=O) groups is 1. The van der Waals surface area contributed by atoms with Crippen LogP contribution in [0, 0.1) is 6.92 Å². The normalized spacial score (nSPS) is 11.2. The van der Waals surface area contributed by atoms with E-state index in [2.05, 4.69) is 51.1 Å². The highest BCUT2D eigenvalue weighted by atomic mass is 16.5. The van der Waals surface area contributed by atoms with Crippen LogP contribution in [0.25, 0.3) is 0 Å². The van der Waals surface area contributed by atoms with Gasteiger partial charge in [0.15, 0.2) is 0 Å². The zero-order valence-corrected chi connectivity index (χ0v) is 19.6. The van der Waals surface area contributed by atoms with Crippen molar-refractivity contribution in [2.24, 2.45) is 0 Å². The lowest BCUT2D eigenvalue weighted by Gasteiger charge is -2.19. The lowest BCUT2D eigenvalue weighted by atomic mass is 9.87. The van der Waals surface area contributed by atoms with Crippen molar-refractivity contribution in [1.29, 1.82) is 0 Å². The Kier molecular flexibility index (Phi) is 7.57. The molecule has 0 heterocycles. The Bertz CT molecular complexity index is 1050. The number of rotatable bonds is 8. The second-order valence-electron chi connectivity index (χ2n) is 8.93. The first-order valence-electron chi connectivity index (χ1n) is 11.0. The first-order chi connectivity index (χ1) is 15.2. The van der Waals surface area contributed by atoms with Crippen molar-refractivity contribution in [3.05, 3.63) is 94.5 Å². The molecule has 0 aliphatic rings. The average Bonchev–Trinajstić information content (AvgIpc) is 2.76. The van der Waals surface area contributed by atoms with Crippen molar-refractivity contribution in [2.75, 3.05) is 6.61 Å². The zero-order valence-electron chi connectivity index (χ0n) is 19.6. The van der Waals surface area contributed by atoms with E-state index in [0.29, 0.717) is 36.9 Å². The van der Waals surface area contributed by atoms with Crippen LogP contribution in [-0.2, 0) is 23.4 Å². The monoisotopic (exact) mass is 432 g/mol. The molecule has 0 aliphatic heterocycles. The molecule has 0 unspecified atom stereocenters. The van der Waals surface area contributed by atoms with Crippen molar-refractivity contribution < 1.29 is 19.0 Å². The molecule has 0 saturated heterocycles. The van der Waals surface area contributed by atoms with Gasteiger partial charge in [0.1, 0.15) is 24.7 Å². The van der Waals surface area contributed by atoms with E-state index in [9.17, 15) is 4.79 Å². The molecular formula is C28H32O4. The highest BCUT2D eigenvalue weighted by Crippen LogP contribution is 2.26. The van der Waals surface area contributed by atoms with Crippen LogP contribution in [0.3, 0.4) is 0 Å². The summed E-state index contributed by atoms with van der Waals surface area (Å²) in [6, 6.07) is 21.7. The molecule has 3 aromatic carbocycles. The molecule has 0 spiro atoms. The molecule has 4 nitrogen and oxygen atoms in total. The molecule has 0 bridgehead atoms. The van der Waals surface area contributed by atoms with Gasteiger partial charge in [-0.25, -0.2) is 4.79 Å². The number of hydrogen-bond acceptors (Lipinski definition) is 4. The summed E-state index contributed by atoms with van der Waals surface area (Å²) >= 11 is 0. The van der Waals surface area contributed by atoms with Crippen LogP contribution in [0.2, 0.25) is 0 Å². The quantitative estimate of drug-likeness (QED) is 0.375. The van der Waals surface area contributed by atoms with Gasteiger partial charge in [-0.2, -0.15) is 0 Å². The third-order valence-electron chi connectivity index (χ3n) is 5.10. The van der Waals surface area contributed by atoms with E-state index >= 15 is 0 Å². The number of ether oxygens (including phenoxy) is 3. The number of benzene rings is 3. The van der Waals surface area contributed by atoms with Gasteiger partial charge in [-0.1, -0.05) is 74.9 Å². The topological polar surface area (TPSA) is 44.8 Å². The number of esters is 1. The van der Waals surface area contributed by atoms with Crippen molar-refractivity contribution >= 4 is 5.97 Å². The number of hydrogen-bond donors (Lipinski definition) is 0. The van der Waals surface area contributed by atoms with Gasteiger partial charge in [-0.3, -0.25) is 0 Å². The minimum Gasteiger partial charge on any atom is -0.489 e. The molecule has 0 radical (unpaired) electrons. The standard InChI is InChI=1S/C28H32O4/c1-6-30-27(29)23-15-25(31-18-21-10-12-24(13-11-21)28(3,4)5)17-26(16-23)32-19-22-9-7-8-20(2)14-22/h7-17H,6,18-19H2,1-5H3. The Morgan fingerprint density at radius 3 is 2.00 bits per heavy atom. The molecular weight excluding hydrogens is 400 g/mol. The summed E-state index contributed by atoms with van der Waals surface area (Å²) in [5.74, 6) is 0.734. The Hall–Kier alpha value is -3.27. The highest BCUT2D eigenvalue weighted by molar-refractivity contribution is 5.90. The fourth-order valence-corrected chi connectivity index (χ4v) is 3.31. The second-order valence-corrected chi connectivity index (χ2v) is 8.93. The van der Waals surface area contributed by atoms with Crippen LogP contribution in [0.5, 0.6) is 11.5 Å². The van der Waals surface area contributed by atoms with Crippen LogP contribution in [0.1, 0.15) is 60.3 Å². The van der Waals surface area contributed by atoms with E-state index < -0.39 is 5.97 Å². The lowest BCUT2D eigenvalue weighted by molar-refractivity contribution is 0.0525. The van der Waals surface area contributed by atoms with Crippen LogP contribution in [0.15, 0.2) is 66.7 Å². The first-order valence-corrected chi connectivity index (χ1v) is 11.0. The minimum atomic E-state index is -0.395. The van der Waals surface area contributed by atoms with Gasteiger partial charge in [-0.05, 0) is 48.1 Å². The largest absolute Gasteiger partial charge is 0.489 e. The van der Waals surface area contributed by atoms with Gasteiger partial charge in [0.2, 0.25) is 0 Å².